The number of rotatable bonds is 4. The first kappa shape index (κ1) is 12.1. The molecule has 0 aromatic heterocycles. The number of ether oxygens (including phenoxy) is 1. The predicted molar refractivity (Wildman–Crippen MR) is 57.0 cm³/mol. The SMILES string of the molecule is COc1c(O)c(CCCN)cc(Cl)c1F. The van der Waals surface area contributed by atoms with Crippen molar-refractivity contribution in [3.05, 3.63) is 22.5 Å². The van der Waals surface area contributed by atoms with Crippen molar-refractivity contribution in [1.29, 1.82) is 0 Å². The molecule has 0 bridgehead atoms. The number of methoxy groups -OCH3 is 1. The lowest BCUT2D eigenvalue weighted by Crippen LogP contribution is -2.01. The summed E-state index contributed by atoms with van der Waals surface area (Å²) in [4.78, 5) is 0. The van der Waals surface area contributed by atoms with Crippen molar-refractivity contribution in [2.75, 3.05) is 13.7 Å². The molecule has 1 aromatic carbocycles. The molecule has 0 aliphatic heterocycles. The summed E-state index contributed by atoms with van der Waals surface area (Å²) < 4.78 is 18.1. The van der Waals surface area contributed by atoms with E-state index in [4.69, 9.17) is 22.1 Å². The molecule has 0 fully saturated rings. The fourth-order valence-electron chi connectivity index (χ4n) is 1.31. The van der Waals surface area contributed by atoms with E-state index in [0.717, 1.165) is 0 Å². The molecule has 84 valence electrons. The van der Waals surface area contributed by atoms with Crippen molar-refractivity contribution >= 4 is 11.6 Å². The third-order valence-electron chi connectivity index (χ3n) is 2.08. The molecule has 3 nitrogen and oxygen atoms in total. The predicted octanol–water partition coefficient (Wildman–Crippen LogP) is 2.08. The number of halogens is 2. The van der Waals surface area contributed by atoms with Gasteiger partial charge in [-0.3, -0.25) is 0 Å². The van der Waals surface area contributed by atoms with E-state index >= 15 is 0 Å². The minimum atomic E-state index is -0.742. The number of phenolic OH excluding ortho intramolecular Hbond substituents is 1. The summed E-state index contributed by atoms with van der Waals surface area (Å²) in [5, 5.41) is 9.60. The highest BCUT2D eigenvalue weighted by atomic mass is 35.5. The van der Waals surface area contributed by atoms with Crippen molar-refractivity contribution in [2.24, 2.45) is 5.73 Å². The van der Waals surface area contributed by atoms with Gasteiger partial charge < -0.3 is 15.6 Å². The van der Waals surface area contributed by atoms with E-state index in [1.165, 1.54) is 13.2 Å². The maximum atomic E-state index is 13.3. The van der Waals surface area contributed by atoms with Gasteiger partial charge in [-0.15, -0.1) is 0 Å². The van der Waals surface area contributed by atoms with Gasteiger partial charge in [-0.1, -0.05) is 11.6 Å². The quantitative estimate of drug-likeness (QED) is 0.837. The zero-order chi connectivity index (χ0) is 11.4. The summed E-state index contributed by atoms with van der Waals surface area (Å²) in [5.74, 6) is -1.16. The van der Waals surface area contributed by atoms with Gasteiger partial charge in [0, 0.05) is 0 Å². The van der Waals surface area contributed by atoms with Crippen molar-refractivity contribution in [3.63, 3.8) is 0 Å². The lowest BCUT2D eigenvalue weighted by molar-refractivity contribution is 0.348. The Bertz CT molecular complexity index is 358. The summed E-state index contributed by atoms with van der Waals surface area (Å²) in [6.45, 7) is 0.497. The molecule has 0 atom stereocenters. The molecular formula is C10H13ClFNO2. The largest absolute Gasteiger partial charge is 0.504 e. The van der Waals surface area contributed by atoms with E-state index in [-0.39, 0.29) is 16.5 Å². The van der Waals surface area contributed by atoms with Gasteiger partial charge >= 0.3 is 0 Å². The molecule has 1 aromatic rings. The summed E-state index contributed by atoms with van der Waals surface area (Å²) >= 11 is 5.65. The molecular weight excluding hydrogens is 221 g/mol. The fraction of sp³-hybridized carbons (Fsp3) is 0.400. The standard InChI is InChI=1S/C10H13ClFNO2/c1-15-10-8(12)7(11)5-6(9(10)14)3-2-4-13/h5,14H,2-4,13H2,1H3. The fourth-order valence-corrected chi connectivity index (χ4v) is 1.53. The van der Waals surface area contributed by atoms with Crippen LogP contribution in [-0.2, 0) is 6.42 Å². The molecule has 5 heteroatoms. The first-order valence-corrected chi connectivity index (χ1v) is 4.93. The molecule has 0 radical (unpaired) electrons. The minimum absolute atomic E-state index is 0.0586. The zero-order valence-electron chi connectivity index (χ0n) is 8.39. The number of aryl methyl sites for hydroxylation is 1. The van der Waals surface area contributed by atoms with E-state index in [0.29, 0.717) is 24.9 Å². The number of aromatic hydroxyl groups is 1. The van der Waals surface area contributed by atoms with E-state index in [9.17, 15) is 9.50 Å². The molecule has 0 heterocycles. The Morgan fingerprint density at radius 2 is 2.27 bits per heavy atom. The van der Waals surface area contributed by atoms with Crippen LogP contribution in [0.15, 0.2) is 6.07 Å². The molecule has 0 aliphatic carbocycles. The second-order valence-corrected chi connectivity index (χ2v) is 3.51. The van der Waals surface area contributed by atoms with Gasteiger partial charge in [0.1, 0.15) is 0 Å². The Labute approximate surface area is 92.6 Å². The summed E-state index contributed by atoms with van der Waals surface area (Å²) in [6, 6.07) is 1.39. The van der Waals surface area contributed by atoms with Gasteiger partial charge in [0.05, 0.1) is 12.1 Å². The Kier molecular flexibility index (Phi) is 4.17. The average molecular weight is 234 g/mol. The smallest absolute Gasteiger partial charge is 0.198 e. The summed E-state index contributed by atoms with van der Waals surface area (Å²) in [7, 11) is 1.28. The minimum Gasteiger partial charge on any atom is -0.504 e. The number of hydrogen-bond acceptors (Lipinski definition) is 3. The second kappa shape index (κ2) is 5.19. The highest BCUT2D eigenvalue weighted by molar-refractivity contribution is 6.31. The van der Waals surface area contributed by atoms with Gasteiger partial charge in [-0.25, -0.2) is 4.39 Å². The lowest BCUT2D eigenvalue weighted by atomic mass is 10.1. The van der Waals surface area contributed by atoms with Crippen LogP contribution >= 0.6 is 11.6 Å². The van der Waals surface area contributed by atoms with Crippen molar-refractivity contribution in [3.8, 4) is 11.5 Å². The van der Waals surface area contributed by atoms with Crippen molar-refractivity contribution in [1.82, 2.24) is 0 Å². The highest BCUT2D eigenvalue weighted by Gasteiger charge is 2.17. The van der Waals surface area contributed by atoms with Crippen LogP contribution < -0.4 is 10.5 Å². The molecule has 3 N–H and O–H groups in total. The van der Waals surface area contributed by atoms with E-state index in [1.54, 1.807) is 0 Å². The number of benzene rings is 1. The molecule has 15 heavy (non-hydrogen) atoms. The van der Waals surface area contributed by atoms with Crippen LogP contribution in [0.2, 0.25) is 5.02 Å². The Morgan fingerprint density at radius 1 is 1.60 bits per heavy atom. The Balaban J connectivity index is 3.12. The maximum absolute atomic E-state index is 13.3. The van der Waals surface area contributed by atoms with Crippen LogP contribution in [0.4, 0.5) is 4.39 Å². The third-order valence-corrected chi connectivity index (χ3v) is 2.36. The number of phenols is 1. The number of hydrogen-bond donors (Lipinski definition) is 2. The molecule has 0 amide bonds. The molecule has 0 saturated heterocycles. The van der Waals surface area contributed by atoms with Gasteiger partial charge in [-0.2, -0.15) is 0 Å². The van der Waals surface area contributed by atoms with E-state index < -0.39 is 5.82 Å². The molecule has 0 aliphatic rings. The van der Waals surface area contributed by atoms with Gasteiger partial charge in [0.15, 0.2) is 17.3 Å². The van der Waals surface area contributed by atoms with Crippen LogP contribution in [0.25, 0.3) is 0 Å². The van der Waals surface area contributed by atoms with E-state index in [1.807, 2.05) is 0 Å². The van der Waals surface area contributed by atoms with Crippen LogP contribution in [0.3, 0.4) is 0 Å². The monoisotopic (exact) mass is 233 g/mol. The maximum Gasteiger partial charge on any atom is 0.198 e. The molecule has 0 saturated carbocycles. The first-order chi connectivity index (χ1) is 7.11. The van der Waals surface area contributed by atoms with Crippen molar-refractivity contribution in [2.45, 2.75) is 12.8 Å². The highest BCUT2D eigenvalue weighted by Crippen LogP contribution is 2.37. The molecule has 0 spiro atoms. The number of nitrogens with two attached hydrogens (primary N) is 1. The molecule has 1 rings (SSSR count). The van der Waals surface area contributed by atoms with Crippen molar-refractivity contribution < 1.29 is 14.2 Å². The van der Waals surface area contributed by atoms with E-state index in [2.05, 4.69) is 0 Å². The van der Waals surface area contributed by atoms with Gasteiger partial charge in [-0.05, 0) is 31.0 Å². The van der Waals surface area contributed by atoms with Crippen LogP contribution in [0, 0.1) is 5.82 Å². The van der Waals surface area contributed by atoms with Crippen LogP contribution in [-0.4, -0.2) is 18.8 Å². The third kappa shape index (κ3) is 2.52. The van der Waals surface area contributed by atoms with Gasteiger partial charge in [0.2, 0.25) is 0 Å². The average Bonchev–Trinajstić information content (AvgIpc) is 2.22. The van der Waals surface area contributed by atoms with Crippen LogP contribution in [0.5, 0.6) is 11.5 Å². The second-order valence-electron chi connectivity index (χ2n) is 3.11. The zero-order valence-corrected chi connectivity index (χ0v) is 9.14. The lowest BCUT2D eigenvalue weighted by Gasteiger charge is -2.10. The topological polar surface area (TPSA) is 55.5 Å². The van der Waals surface area contributed by atoms with Gasteiger partial charge in [0.25, 0.3) is 0 Å². The Hall–Kier alpha value is -1.00. The normalized spacial score (nSPS) is 10.4. The molecule has 0 unspecified atom stereocenters. The first-order valence-electron chi connectivity index (χ1n) is 4.55. The summed E-state index contributed by atoms with van der Waals surface area (Å²) in [5.41, 5.74) is 5.89. The Morgan fingerprint density at radius 3 is 2.80 bits per heavy atom. The van der Waals surface area contributed by atoms with Crippen LogP contribution in [0.1, 0.15) is 12.0 Å². The summed E-state index contributed by atoms with van der Waals surface area (Å²) in [6.07, 6.45) is 1.23.